The average Bonchev–Trinajstić information content (AvgIpc) is 3.26. The first-order valence-corrected chi connectivity index (χ1v) is 12.0. The molecule has 2 saturated heterocycles. The number of anilines is 1. The van der Waals surface area contributed by atoms with Crippen molar-refractivity contribution in [2.45, 2.75) is 64.5 Å². The number of guanidine groups is 1. The van der Waals surface area contributed by atoms with Crippen LogP contribution in [0, 0.1) is 0 Å². The number of carbonyl (C=O) groups is 2. The summed E-state index contributed by atoms with van der Waals surface area (Å²) in [5, 5.41) is 9.57. The van der Waals surface area contributed by atoms with Crippen LogP contribution < -0.4 is 16.0 Å². The molecule has 0 radical (unpaired) electrons. The van der Waals surface area contributed by atoms with Gasteiger partial charge in [0.05, 0.1) is 6.54 Å². The summed E-state index contributed by atoms with van der Waals surface area (Å²) in [5.41, 5.74) is 1.78. The molecule has 8 nitrogen and oxygen atoms in total. The lowest BCUT2D eigenvalue weighted by Gasteiger charge is -2.20. The Kier molecular flexibility index (Phi) is 9.81. The van der Waals surface area contributed by atoms with Gasteiger partial charge in [-0.2, -0.15) is 0 Å². The molecule has 1 unspecified atom stereocenters. The van der Waals surface area contributed by atoms with Gasteiger partial charge in [0.25, 0.3) is 5.91 Å². The lowest BCUT2D eigenvalue weighted by atomic mass is 10.2. The summed E-state index contributed by atoms with van der Waals surface area (Å²) in [6.07, 6.45) is 6.22. The van der Waals surface area contributed by atoms with Crippen LogP contribution in [0.2, 0.25) is 0 Å². The van der Waals surface area contributed by atoms with Crippen molar-refractivity contribution >= 4 is 23.5 Å². The fourth-order valence-corrected chi connectivity index (χ4v) is 4.02. The molecule has 0 saturated carbocycles. The molecular weight excluding hydrogens is 406 g/mol. The second-order valence-electron chi connectivity index (χ2n) is 8.36. The van der Waals surface area contributed by atoms with E-state index in [1.165, 1.54) is 0 Å². The molecule has 1 atom stereocenters. The minimum atomic E-state index is -0.342. The smallest absolute Gasteiger partial charge is 0.253 e. The van der Waals surface area contributed by atoms with E-state index >= 15 is 0 Å². The van der Waals surface area contributed by atoms with Crippen LogP contribution in [0.25, 0.3) is 0 Å². The largest absolute Gasteiger partial charge is 0.368 e. The number of nitrogens with one attached hydrogen (secondary N) is 3. The highest BCUT2D eigenvalue weighted by atomic mass is 16.5. The first kappa shape index (κ1) is 24.0. The number of likely N-dealkylation sites (tertiary alicyclic amines) is 1. The Morgan fingerprint density at radius 3 is 2.94 bits per heavy atom. The second-order valence-corrected chi connectivity index (χ2v) is 8.36. The van der Waals surface area contributed by atoms with E-state index in [0.717, 1.165) is 81.9 Å². The molecule has 0 aliphatic carbocycles. The van der Waals surface area contributed by atoms with E-state index in [9.17, 15) is 9.59 Å². The highest BCUT2D eigenvalue weighted by Gasteiger charge is 2.23. The maximum Gasteiger partial charge on any atom is 0.253 e. The number of ether oxygens (including phenoxy) is 1. The Bertz CT molecular complexity index is 777. The molecule has 2 aliphatic heterocycles. The first-order valence-electron chi connectivity index (χ1n) is 12.0. The van der Waals surface area contributed by atoms with Crippen LogP contribution >= 0.6 is 0 Å². The van der Waals surface area contributed by atoms with Gasteiger partial charge in [-0.05, 0) is 56.7 Å². The first-order chi connectivity index (χ1) is 15.7. The van der Waals surface area contributed by atoms with E-state index in [-0.39, 0.29) is 17.9 Å². The highest BCUT2D eigenvalue weighted by Crippen LogP contribution is 2.17. The molecule has 8 heteroatoms. The third-order valence-electron chi connectivity index (χ3n) is 5.75. The number of benzene rings is 1. The Morgan fingerprint density at radius 2 is 2.12 bits per heavy atom. The van der Waals surface area contributed by atoms with Crippen molar-refractivity contribution in [1.82, 2.24) is 15.5 Å². The zero-order valence-corrected chi connectivity index (χ0v) is 19.2. The molecule has 2 fully saturated rings. The van der Waals surface area contributed by atoms with Crippen molar-refractivity contribution in [2.24, 2.45) is 4.99 Å². The number of hydrogen-bond acceptors (Lipinski definition) is 4. The van der Waals surface area contributed by atoms with Gasteiger partial charge in [0, 0.05) is 44.9 Å². The van der Waals surface area contributed by atoms with E-state index < -0.39 is 0 Å². The van der Waals surface area contributed by atoms with E-state index in [1.54, 1.807) is 0 Å². The number of carbonyl (C=O) groups excluding carboxylic acids is 2. The molecule has 176 valence electrons. The molecule has 3 rings (SSSR count). The van der Waals surface area contributed by atoms with Crippen molar-refractivity contribution in [3.63, 3.8) is 0 Å². The Hall–Kier alpha value is -2.61. The Balaban J connectivity index is 1.46. The molecule has 0 spiro atoms. The Labute approximate surface area is 191 Å². The van der Waals surface area contributed by atoms with Gasteiger partial charge in [-0.15, -0.1) is 0 Å². The van der Waals surface area contributed by atoms with E-state index in [1.807, 2.05) is 36.1 Å². The van der Waals surface area contributed by atoms with E-state index in [4.69, 9.17) is 4.74 Å². The number of nitrogens with zero attached hydrogens (tertiary/aromatic N) is 2. The number of hydrogen-bond donors (Lipinski definition) is 3. The van der Waals surface area contributed by atoms with Gasteiger partial charge in [-0.3, -0.25) is 9.59 Å². The summed E-state index contributed by atoms with van der Waals surface area (Å²) in [4.78, 5) is 31.0. The van der Waals surface area contributed by atoms with Crippen molar-refractivity contribution in [1.29, 1.82) is 0 Å². The maximum absolute atomic E-state index is 12.3. The summed E-state index contributed by atoms with van der Waals surface area (Å²) in [6.45, 7) is 6.39. The predicted molar refractivity (Wildman–Crippen MR) is 127 cm³/mol. The number of amides is 2. The minimum Gasteiger partial charge on any atom is -0.368 e. The van der Waals surface area contributed by atoms with Crippen molar-refractivity contribution in [3.8, 4) is 0 Å². The standard InChI is InChI=1S/C24H37N5O3/c1-2-25-24(26-13-8-15-29-14-5-3-4-12-22(29)30)27-18-19-9-6-10-20(17-19)28-23(31)21-11-7-16-32-21/h6,9-10,17,21H,2-5,7-8,11-16,18H2,1H3,(H,28,31)(H2,25,26,27). The van der Waals surface area contributed by atoms with Gasteiger partial charge in [-0.25, -0.2) is 4.99 Å². The molecule has 2 amide bonds. The summed E-state index contributed by atoms with van der Waals surface area (Å²) in [5.74, 6) is 0.957. The molecule has 1 aromatic rings. The van der Waals surface area contributed by atoms with Gasteiger partial charge < -0.3 is 25.6 Å². The van der Waals surface area contributed by atoms with Crippen molar-refractivity contribution in [2.75, 3.05) is 38.1 Å². The molecule has 32 heavy (non-hydrogen) atoms. The lowest BCUT2D eigenvalue weighted by molar-refractivity contribution is -0.130. The van der Waals surface area contributed by atoms with Gasteiger partial charge in [0.15, 0.2) is 5.96 Å². The van der Waals surface area contributed by atoms with Crippen molar-refractivity contribution in [3.05, 3.63) is 29.8 Å². The van der Waals surface area contributed by atoms with Gasteiger partial charge in [0.2, 0.25) is 5.91 Å². The van der Waals surface area contributed by atoms with Gasteiger partial charge >= 0.3 is 0 Å². The topological polar surface area (TPSA) is 95.1 Å². The normalized spacial score (nSPS) is 19.5. The molecule has 0 aromatic heterocycles. The van der Waals surface area contributed by atoms with Crippen molar-refractivity contribution < 1.29 is 14.3 Å². The molecule has 1 aromatic carbocycles. The quantitative estimate of drug-likeness (QED) is 0.310. The zero-order chi connectivity index (χ0) is 22.6. The fourth-order valence-electron chi connectivity index (χ4n) is 4.02. The fraction of sp³-hybridized carbons (Fsp3) is 0.625. The van der Waals surface area contributed by atoms with Crippen LogP contribution in [0.4, 0.5) is 5.69 Å². The third kappa shape index (κ3) is 7.82. The van der Waals surface area contributed by atoms with Crippen LogP contribution in [0.3, 0.4) is 0 Å². The van der Waals surface area contributed by atoms with Crippen LogP contribution in [-0.2, 0) is 20.9 Å². The number of aliphatic imine (C=N–C) groups is 1. The Morgan fingerprint density at radius 1 is 1.22 bits per heavy atom. The predicted octanol–water partition coefficient (Wildman–Crippen LogP) is 2.65. The summed E-state index contributed by atoms with van der Waals surface area (Å²) in [7, 11) is 0. The van der Waals surface area contributed by atoms with Gasteiger partial charge in [0.1, 0.15) is 6.10 Å². The van der Waals surface area contributed by atoms with Crippen LogP contribution in [-0.4, -0.2) is 61.6 Å². The SMILES string of the molecule is CCNC(=NCc1cccc(NC(=O)C2CCCO2)c1)NCCCN1CCCCCC1=O. The maximum atomic E-state index is 12.3. The molecule has 2 aliphatic rings. The van der Waals surface area contributed by atoms with E-state index in [0.29, 0.717) is 19.6 Å². The zero-order valence-electron chi connectivity index (χ0n) is 19.2. The molecule has 2 heterocycles. The summed E-state index contributed by atoms with van der Waals surface area (Å²) in [6, 6.07) is 7.76. The van der Waals surface area contributed by atoms with Crippen LogP contribution in [0.5, 0.6) is 0 Å². The molecular formula is C24H37N5O3. The summed E-state index contributed by atoms with van der Waals surface area (Å²) >= 11 is 0. The molecule has 0 bridgehead atoms. The highest BCUT2D eigenvalue weighted by molar-refractivity contribution is 5.94. The second kappa shape index (κ2) is 13.1. The van der Waals surface area contributed by atoms with E-state index in [2.05, 4.69) is 20.9 Å². The minimum absolute atomic E-state index is 0.0824. The lowest BCUT2D eigenvalue weighted by Crippen LogP contribution is -2.39. The van der Waals surface area contributed by atoms with Crippen LogP contribution in [0.15, 0.2) is 29.3 Å². The summed E-state index contributed by atoms with van der Waals surface area (Å²) < 4.78 is 5.45. The monoisotopic (exact) mass is 443 g/mol. The van der Waals surface area contributed by atoms with Gasteiger partial charge in [-0.1, -0.05) is 18.6 Å². The van der Waals surface area contributed by atoms with Crippen LogP contribution in [0.1, 0.15) is 57.4 Å². The average molecular weight is 444 g/mol. The molecule has 3 N–H and O–H groups in total. The number of rotatable bonds is 9. The third-order valence-corrected chi connectivity index (χ3v) is 5.75.